The van der Waals surface area contributed by atoms with Crippen LogP contribution in [0.2, 0.25) is 5.02 Å². The van der Waals surface area contributed by atoms with Crippen molar-refractivity contribution < 1.29 is 23.2 Å². The molecule has 1 saturated heterocycles. The lowest BCUT2D eigenvalue weighted by atomic mass is 9.80. The van der Waals surface area contributed by atoms with Gasteiger partial charge in [-0.2, -0.15) is 5.26 Å². The predicted molar refractivity (Wildman–Crippen MR) is 112 cm³/mol. The number of amides is 3. The van der Waals surface area contributed by atoms with E-state index in [1.54, 1.807) is 30.3 Å². The Balaban J connectivity index is 1.52. The smallest absolute Gasteiger partial charge is 0.323 e. The third kappa shape index (κ3) is 3.84. The van der Waals surface area contributed by atoms with Crippen LogP contribution < -0.4 is 5.32 Å². The number of imide groups is 1. The zero-order valence-corrected chi connectivity index (χ0v) is 17.6. The molecule has 0 unspecified atom stereocenters. The maximum absolute atomic E-state index is 13.5. The first-order chi connectivity index (χ1) is 15.2. The summed E-state index contributed by atoms with van der Waals surface area (Å²) in [5.74, 6) is -4.03. The first-order valence-electron chi connectivity index (χ1n) is 10.00. The van der Waals surface area contributed by atoms with E-state index < -0.39 is 48.6 Å². The SMILES string of the molecule is N#Cc1ccccc1-c1ccc(C(=O)CN2C(=O)NC3(CCC(F)(F)CC3)C2=O)cc1Cl. The van der Waals surface area contributed by atoms with Crippen LogP contribution in [0.5, 0.6) is 0 Å². The summed E-state index contributed by atoms with van der Waals surface area (Å²) in [7, 11) is 0. The lowest BCUT2D eigenvalue weighted by Gasteiger charge is -2.34. The molecule has 32 heavy (non-hydrogen) atoms. The van der Waals surface area contributed by atoms with Crippen LogP contribution in [0.15, 0.2) is 42.5 Å². The number of Topliss-reactive ketones (excluding diaryl/α,β-unsaturated/α-hetero) is 1. The van der Waals surface area contributed by atoms with Gasteiger partial charge in [0.25, 0.3) is 5.91 Å². The number of carbonyl (C=O) groups excluding carboxylic acids is 3. The summed E-state index contributed by atoms with van der Waals surface area (Å²) in [6.07, 6.45) is -1.34. The first kappa shape index (κ1) is 21.9. The van der Waals surface area contributed by atoms with Crippen LogP contribution >= 0.6 is 11.6 Å². The van der Waals surface area contributed by atoms with Gasteiger partial charge in [0.05, 0.1) is 18.2 Å². The van der Waals surface area contributed by atoms with Crippen LogP contribution in [0.4, 0.5) is 13.6 Å². The number of hydrogen-bond acceptors (Lipinski definition) is 4. The van der Waals surface area contributed by atoms with E-state index in [2.05, 4.69) is 11.4 Å². The van der Waals surface area contributed by atoms with E-state index in [9.17, 15) is 28.4 Å². The second-order valence-electron chi connectivity index (χ2n) is 8.03. The Labute approximate surface area is 187 Å². The summed E-state index contributed by atoms with van der Waals surface area (Å²) in [4.78, 5) is 38.8. The zero-order chi connectivity index (χ0) is 23.1. The van der Waals surface area contributed by atoms with Gasteiger partial charge in [-0.1, -0.05) is 41.9 Å². The van der Waals surface area contributed by atoms with E-state index in [0.717, 1.165) is 4.90 Å². The fourth-order valence-corrected chi connectivity index (χ4v) is 4.44. The number of nitriles is 1. The number of nitrogens with one attached hydrogen (secondary N) is 1. The molecule has 1 aliphatic carbocycles. The molecule has 3 amide bonds. The summed E-state index contributed by atoms with van der Waals surface area (Å²) in [5, 5.41) is 12.0. The van der Waals surface area contributed by atoms with Crippen molar-refractivity contribution >= 4 is 29.3 Å². The molecule has 2 fully saturated rings. The van der Waals surface area contributed by atoms with Gasteiger partial charge in [0.2, 0.25) is 5.92 Å². The van der Waals surface area contributed by atoms with Crippen LogP contribution in [-0.2, 0) is 4.79 Å². The number of alkyl halides is 2. The van der Waals surface area contributed by atoms with Crippen molar-refractivity contribution in [3.05, 3.63) is 58.6 Å². The van der Waals surface area contributed by atoms with Crippen molar-refractivity contribution in [1.82, 2.24) is 10.2 Å². The van der Waals surface area contributed by atoms with Gasteiger partial charge in [-0.15, -0.1) is 0 Å². The summed E-state index contributed by atoms with van der Waals surface area (Å²) in [5.41, 5.74) is 0.421. The fourth-order valence-electron chi connectivity index (χ4n) is 4.16. The lowest BCUT2D eigenvalue weighted by Crippen LogP contribution is -2.51. The average Bonchev–Trinajstić information content (AvgIpc) is 3.00. The van der Waals surface area contributed by atoms with Crippen molar-refractivity contribution in [3.63, 3.8) is 0 Å². The number of urea groups is 1. The molecule has 164 valence electrons. The molecule has 0 aromatic heterocycles. The van der Waals surface area contributed by atoms with Gasteiger partial charge in [-0.05, 0) is 25.0 Å². The van der Waals surface area contributed by atoms with Crippen molar-refractivity contribution in [2.45, 2.75) is 37.1 Å². The number of nitrogens with zero attached hydrogens (tertiary/aromatic N) is 2. The van der Waals surface area contributed by atoms with Crippen LogP contribution in [0.25, 0.3) is 11.1 Å². The summed E-state index contributed by atoms with van der Waals surface area (Å²) in [6, 6.07) is 12.7. The number of rotatable bonds is 4. The summed E-state index contributed by atoms with van der Waals surface area (Å²) < 4.78 is 27.0. The lowest BCUT2D eigenvalue weighted by molar-refractivity contribution is -0.135. The zero-order valence-electron chi connectivity index (χ0n) is 16.8. The molecule has 1 heterocycles. The quantitative estimate of drug-likeness (QED) is 0.538. The molecule has 2 aromatic carbocycles. The number of hydrogen-bond donors (Lipinski definition) is 1. The van der Waals surface area contributed by atoms with Gasteiger partial charge in [-0.3, -0.25) is 14.5 Å². The van der Waals surface area contributed by atoms with Crippen molar-refractivity contribution in [1.29, 1.82) is 5.26 Å². The molecule has 1 saturated carbocycles. The molecule has 0 radical (unpaired) electrons. The normalized spacial score (nSPS) is 19.0. The number of carbonyl (C=O) groups is 3. The third-order valence-corrected chi connectivity index (χ3v) is 6.32. The molecule has 2 aromatic rings. The topological polar surface area (TPSA) is 90.3 Å². The minimum absolute atomic E-state index is 0.173. The molecular formula is C23H18ClF2N3O3. The van der Waals surface area contributed by atoms with Crippen LogP contribution in [0, 0.1) is 11.3 Å². The van der Waals surface area contributed by atoms with Gasteiger partial charge in [0, 0.05) is 34.6 Å². The Hall–Kier alpha value is -3.31. The second kappa shape index (κ2) is 7.99. The second-order valence-corrected chi connectivity index (χ2v) is 8.44. The van der Waals surface area contributed by atoms with Gasteiger partial charge >= 0.3 is 6.03 Å². The van der Waals surface area contributed by atoms with E-state index in [1.165, 1.54) is 12.1 Å². The molecule has 1 spiro atoms. The Morgan fingerprint density at radius 1 is 1.09 bits per heavy atom. The van der Waals surface area contributed by atoms with Crippen LogP contribution in [-0.4, -0.2) is 40.6 Å². The number of halogens is 3. The highest BCUT2D eigenvalue weighted by Crippen LogP contribution is 2.41. The molecule has 9 heteroatoms. The van der Waals surface area contributed by atoms with Crippen molar-refractivity contribution in [2.24, 2.45) is 0 Å². The van der Waals surface area contributed by atoms with Crippen LogP contribution in [0.1, 0.15) is 41.6 Å². The molecule has 1 N–H and O–H groups in total. The monoisotopic (exact) mass is 457 g/mol. The highest BCUT2D eigenvalue weighted by Gasteiger charge is 2.55. The van der Waals surface area contributed by atoms with Crippen molar-refractivity contribution in [2.75, 3.05) is 6.54 Å². The maximum Gasteiger partial charge on any atom is 0.325 e. The van der Waals surface area contributed by atoms with Gasteiger partial charge in [0.15, 0.2) is 5.78 Å². The Morgan fingerprint density at radius 3 is 2.44 bits per heavy atom. The third-order valence-electron chi connectivity index (χ3n) is 6.01. The van der Waals surface area contributed by atoms with E-state index in [1.807, 2.05) is 0 Å². The van der Waals surface area contributed by atoms with Gasteiger partial charge in [0.1, 0.15) is 5.54 Å². The Kier molecular flexibility index (Phi) is 5.47. The summed E-state index contributed by atoms with van der Waals surface area (Å²) >= 11 is 6.36. The molecule has 0 atom stereocenters. The Bertz CT molecular complexity index is 1170. The van der Waals surface area contributed by atoms with Gasteiger partial charge < -0.3 is 5.32 Å². The van der Waals surface area contributed by atoms with E-state index in [0.29, 0.717) is 16.7 Å². The molecule has 0 bridgehead atoms. The summed E-state index contributed by atoms with van der Waals surface area (Å²) in [6.45, 7) is -0.521. The van der Waals surface area contributed by atoms with E-state index in [-0.39, 0.29) is 23.4 Å². The minimum Gasteiger partial charge on any atom is -0.323 e. The maximum atomic E-state index is 13.5. The van der Waals surface area contributed by atoms with E-state index >= 15 is 0 Å². The van der Waals surface area contributed by atoms with Crippen LogP contribution in [0.3, 0.4) is 0 Å². The molecule has 4 rings (SSSR count). The number of benzene rings is 2. The molecular weight excluding hydrogens is 440 g/mol. The van der Waals surface area contributed by atoms with Crippen molar-refractivity contribution in [3.8, 4) is 17.2 Å². The number of ketones is 1. The highest BCUT2D eigenvalue weighted by molar-refractivity contribution is 6.33. The average molecular weight is 458 g/mol. The Morgan fingerprint density at radius 2 is 1.78 bits per heavy atom. The highest BCUT2D eigenvalue weighted by atomic mass is 35.5. The largest absolute Gasteiger partial charge is 0.325 e. The van der Waals surface area contributed by atoms with Gasteiger partial charge in [-0.25, -0.2) is 13.6 Å². The fraction of sp³-hybridized carbons (Fsp3) is 0.304. The molecule has 1 aliphatic heterocycles. The standard InChI is InChI=1S/C23H18ClF2N3O3/c24-18-11-14(5-6-17(18)16-4-2-1-3-15(16)12-27)19(30)13-29-20(31)22(28-21(29)32)7-9-23(25,26)10-8-22/h1-6,11H,7-10,13H2,(H,28,32). The predicted octanol–water partition coefficient (Wildman–Crippen LogP) is 4.56. The molecule has 6 nitrogen and oxygen atoms in total. The van der Waals surface area contributed by atoms with E-state index in [4.69, 9.17) is 11.6 Å². The first-order valence-corrected chi connectivity index (χ1v) is 10.4. The molecule has 2 aliphatic rings. The minimum atomic E-state index is -2.86.